The number of hydrogen-bond acceptors (Lipinski definition) is 9. The van der Waals surface area contributed by atoms with Crippen molar-refractivity contribution in [2.75, 3.05) is 29.1 Å². The summed E-state index contributed by atoms with van der Waals surface area (Å²) in [5.74, 6) is 1.54. The molecule has 1 saturated heterocycles. The van der Waals surface area contributed by atoms with E-state index in [1.54, 1.807) is 16.8 Å². The van der Waals surface area contributed by atoms with Crippen LogP contribution in [0.25, 0.3) is 5.52 Å². The van der Waals surface area contributed by atoms with Crippen LogP contribution in [-0.2, 0) is 9.59 Å². The van der Waals surface area contributed by atoms with Crippen molar-refractivity contribution < 1.29 is 14.4 Å². The SMILES string of the molecule is Cc1cc(N2CC(=O)N(C)C2=O)n2nc([C@@H](C)Nc3cc(NC(=O)C4CC4c4nccc(C)n4)ncn3)cc2c1. The highest BCUT2D eigenvalue weighted by molar-refractivity contribution is 6.11. The Morgan fingerprint density at radius 1 is 1.07 bits per heavy atom. The van der Waals surface area contributed by atoms with E-state index in [0.717, 1.165) is 21.7 Å². The second-order valence-electron chi connectivity index (χ2n) is 10.3. The molecule has 3 atom stereocenters. The molecule has 2 unspecified atom stereocenters. The third kappa shape index (κ3) is 4.70. The number of amides is 4. The lowest BCUT2D eigenvalue weighted by Crippen LogP contribution is -2.31. The molecule has 13 nitrogen and oxygen atoms in total. The number of imide groups is 1. The first kappa shape index (κ1) is 25.3. The van der Waals surface area contributed by atoms with Gasteiger partial charge in [-0.2, -0.15) is 5.10 Å². The molecule has 0 aromatic carbocycles. The highest BCUT2D eigenvalue weighted by Gasteiger charge is 2.46. The summed E-state index contributed by atoms with van der Waals surface area (Å²) >= 11 is 0. The molecule has 4 amide bonds. The fourth-order valence-corrected chi connectivity index (χ4v) is 4.86. The van der Waals surface area contributed by atoms with Gasteiger partial charge in [0.1, 0.15) is 36.2 Å². The molecule has 0 spiro atoms. The zero-order chi connectivity index (χ0) is 28.1. The van der Waals surface area contributed by atoms with Crippen molar-refractivity contribution in [2.45, 2.75) is 39.2 Å². The normalized spacial score (nSPS) is 19.3. The van der Waals surface area contributed by atoms with E-state index in [-0.39, 0.29) is 42.3 Å². The standard InChI is InChI=1S/C27H28N10O3/c1-14-7-17-9-20(34-37(17)23(8-14)36-12-24(38)35(4)27(36)40)16(3)32-21-11-22(30-13-29-21)33-26(39)19-10-18(19)25-28-6-5-15(2)31-25/h5-9,11,13,16,18-19H,10,12H2,1-4H3,(H2,29,30,32,33,39)/t16-,18?,19?/m1/s1. The van der Waals surface area contributed by atoms with Crippen molar-refractivity contribution in [1.82, 2.24) is 34.4 Å². The van der Waals surface area contributed by atoms with Crippen molar-refractivity contribution in [2.24, 2.45) is 5.92 Å². The fourth-order valence-electron chi connectivity index (χ4n) is 4.86. The summed E-state index contributed by atoms with van der Waals surface area (Å²) in [7, 11) is 1.47. The van der Waals surface area contributed by atoms with Gasteiger partial charge in [0.05, 0.1) is 17.3 Å². The van der Waals surface area contributed by atoms with Crippen LogP contribution >= 0.6 is 0 Å². The van der Waals surface area contributed by atoms with Gasteiger partial charge >= 0.3 is 6.03 Å². The number of nitrogens with zero attached hydrogens (tertiary/aromatic N) is 8. The van der Waals surface area contributed by atoms with E-state index in [2.05, 4.69) is 30.6 Å². The van der Waals surface area contributed by atoms with Crippen LogP contribution < -0.4 is 15.5 Å². The van der Waals surface area contributed by atoms with Gasteiger partial charge in [-0.05, 0) is 57.0 Å². The molecule has 2 aliphatic rings. The minimum absolute atomic E-state index is 0.0114. The summed E-state index contributed by atoms with van der Waals surface area (Å²) in [5, 5.41) is 10.9. The largest absolute Gasteiger partial charge is 0.362 e. The average Bonchev–Trinajstić information content (AvgIpc) is 3.55. The first-order valence-corrected chi connectivity index (χ1v) is 13.0. The lowest BCUT2D eigenvalue weighted by atomic mass is 10.2. The molecule has 1 aliphatic carbocycles. The maximum Gasteiger partial charge on any atom is 0.332 e. The fraction of sp³-hybridized carbons (Fsp3) is 0.333. The molecule has 1 aliphatic heterocycles. The van der Waals surface area contributed by atoms with E-state index in [1.807, 2.05) is 45.0 Å². The maximum absolute atomic E-state index is 12.8. The van der Waals surface area contributed by atoms with Crippen LogP contribution in [0, 0.1) is 19.8 Å². The molecular weight excluding hydrogens is 512 g/mol. The lowest BCUT2D eigenvalue weighted by molar-refractivity contribution is -0.124. The lowest BCUT2D eigenvalue weighted by Gasteiger charge is -2.17. The van der Waals surface area contributed by atoms with Gasteiger partial charge in [-0.25, -0.2) is 29.2 Å². The minimum atomic E-state index is -0.389. The van der Waals surface area contributed by atoms with Gasteiger partial charge < -0.3 is 10.6 Å². The van der Waals surface area contributed by atoms with Crippen molar-refractivity contribution in [3.63, 3.8) is 0 Å². The van der Waals surface area contributed by atoms with Crippen molar-refractivity contribution >= 4 is 40.8 Å². The molecule has 4 aromatic heterocycles. The van der Waals surface area contributed by atoms with E-state index in [4.69, 9.17) is 5.10 Å². The van der Waals surface area contributed by atoms with Crippen LogP contribution in [0.3, 0.4) is 0 Å². The van der Waals surface area contributed by atoms with Crippen LogP contribution in [0.15, 0.2) is 42.9 Å². The Labute approximate surface area is 229 Å². The number of carbonyl (C=O) groups is 3. The van der Waals surface area contributed by atoms with Gasteiger partial charge in [0.25, 0.3) is 5.91 Å². The first-order chi connectivity index (χ1) is 19.2. The number of anilines is 3. The number of fused-ring (bicyclic) bond motifs is 1. The topological polar surface area (TPSA) is 151 Å². The number of nitrogens with one attached hydrogen (secondary N) is 2. The molecular formula is C27H28N10O3. The molecule has 1 saturated carbocycles. The van der Waals surface area contributed by atoms with Crippen LogP contribution in [0.4, 0.5) is 22.2 Å². The first-order valence-electron chi connectivity index (χ1n) is 13.0. The number of aryl methyl sites for hydroxylation is 2. The average molecular weight is 541 g/mol. The summed E-state index contributed by atoms with van der Waals surface area (Å²) in [5.41, 5.74) is 3.32. The molecule has 40 heavy (non-hydrogen) atoms. The van der Waals surface area contributed by atoms with E-state index in [0.29, 0.717) is 35.4 Å². The van der Waals surface area contributed by atoms with Crippen LogP contribution in [0.1, 0.15) is 48.1 Å². The number of aromatic nitrogens is 6. The molecule has 2 fully saturated rings. The van der Waals surface area contributed by atoms with Gasteiger partial charge in [0.15, 0.2) is 0 Å². The number of hydrogen-bond donors (Lipinski definition) is 2. The van der Waals surface area contributed by atoms with E-state index < -0.39 is 0 Å². The zero-order valence-electron chi connectivity index (χ0n) is 22.5. The summed E-state index contributed by atoms with van der Waals surface area (Å²) in [6.45, 7) is 5.73. The zero-order valence-corrected chi connectivity index (χ0v) is 22.5. The Hall–Kier alpha value is -4.94. The second-order valence-corrected chi connectivity index (χ2v) is 10.3. The Balaban J connectivity index is 1.16. The number of carbonyl (C=O) groups excluding carboxylic acids is 3. The minimum Gasteiger partial charge on any atom is -0.362 e. The summed E-state index contributed by atoms with van der Waals surface area (Å²) in [6, 6.07) is 8.57. The Kier molecular flexibility index (Phi) is 6.12. The van der Waals surface area contributed by atoms with Crippen LogP contribution in [0.2, 0.25) is 0 Å². The third-order valence-electron chi connectivity index (χ3n) is 7.17. The predicted octanol–water partition coefficient (Wildman–Crippen LogP) is 2.84. The third-order valence-corrected chi connectivity index (χ3v) is 7.17. The van der Waals surface area contributed by atoms with E-state index in [1.165, 1.54) is 18.3 Å². The number of rotatable bonds is 7. The Bertz CT molecular complexity index is 1670. The molecule has 0 bridgehead atoms. The molecule has 204 valence electrons. The molecule has 2 N–H and O–H groups in total. The molecule has 4 aromatic rings. The Morgan fingerprint density at radius 3 is 2.62 bits per heavy atom. The van der Waals surface area contributed by atoms with Crippen LogP contribution in [0.5, 0.6) is 0 Å². The predicted molar refractivity (Wildman–Crippen MR) is 146 cm³/mol. The van der Waals surface area contributed by atoms with Gasteiger partial charge in [0.2, 0.25) is 5.91 Å². The van der Waals surface area contributed by atoms with E-state index in [9.17, 15) is 14.4 Å². The van der Waals surface area contributed by atoms with Gasteiger partial charge in [-0.15, -0.1) is 0 Å². The van der Waals surface area contributed by atoms with Crippen molar-refractivity contribution in [3.05, 3.63) is 65.6 Å². The number of likely N-dealkylation sites (N-methyl/N-ethyl adjacent to an activating group) is 1. The summed E-state index contributed by atoms with van der Waals surface area (Å²) in [4.78, 5) is 57.3. The quantitative estimate of drug-likeness (QED) is 0.337. The molecule has 13 heteroatoms. The molecule has 5 heterocycles. The molecule has 6 rings (SSSR count). The summed E-state index contributed by atoms with van der Waals surface area (Å²) < 4.78 is 1.67. The number of pyridine rings is 1. The van der Waals surface area contributed by atoms with Gasteiger partial charge in [0, 0.05) is 36.8 Å². The maximum atomic E-state index is 12.8. The van der Waals surface area contributed by atoms with Gasteiger partial charge in [-0.3, -0.25) is 19.4 Å². The smallest absolute Gasteiger partial charge is 0.332 e. The monoisotopic (exact) mass is 540 g/mol. The van der Waals surface area contributed by atoms with E-state index >= 15 is 0 Å². The van der Waals surface area contributed by atoms with Crippen molar-refractivity contribution in [3.8, 4) is 0 Å². The number of urea groups is 1. The highest BCUT2D eigenvalue weighted by atomic mass is 16.2. The Morgan fingerprint density at radius 2 is 1.88 bits per heavy atom. The van der Waals surface area contributed by atoms with Crippen molar-refractivity contribution in [1.29, 1.82) is 0 Å². The van der Waals surface area contributed by atoms with Crippen LogP contribution in [-0.4, -0.2) is 65.9 Å². The van der Waals surface area contributed by atoms with Gasteiger partial charge in [-0.1, -0.05) is 0 Å². The summed E-state index contributed by atoms with van der Waals surface area (Å²) in [6.07, 6.45) is 3.80. The second kappa shape index (κ2) is 9.67. The highest BCUT2D eigenvalue weighted by Crippen LogP contribution is 2.46. The molecule has 0 radical (unpaired) electrons.